The zero-order valence-electron chi connectivity index (χ0n) is 22.2. The zero-order valence-corrected chi connectivity index (χ0v) is 12.0. The lowest BCUT2D eigenvalue weighted by molar-refractivity contribution is 0.0808. The van der Waals surface area contributed by atoms with Crippen molar-refractivity contribution >= 4 is 11.6 Å². The predicted molar refractivity (Wildman–Crippen MR) is 83.9 cm³/mol. The Labute approximate surface area is 138 Å². The Morgan fingerprint density at radius 1 is 1.37 bits per heavy atom. The van der Waals surface area contributed by atoms with Gasteiger partial charge in [-0.1, -0.05) is 44.0 Å². The van der Waals surface area contributed by atoms with Crippen molar-refractivity contribution in [2.75, 3.05) is 14.0 Å². The van der Waals surface area contributed by atoms with Gasteiger partial charge >= 0.3 is 0 Å². The molecule has 0 aromatic heterocycles. The summed E-state index contributed by atoms with van der Waals surface area (Å²) in [5, 5.41) is -0.369. The smallest absolute Gasteiger partial charge is 0.0639 e. The molecule has 2 heteroatoms. The number of halogens is 1. The Balaban J connectivity index is 2.94. The molecule has 0 bridgehead atoms. The molecule has 0 amide bonds. The van der Waals surface area contributed by atoms with E-state index in [1.807, 2.05) is 0 Å². The van der Waals surface area contributed by atoms with Crippen molar-refractivity contribution in [3.05, 3.63) is 34.8 Å². The van der Waals surface area contributed by atoms with Crippen molar-refractivity contribution in [3.63, 3.8) is 0 Å². The average Bonchev–Trinajstić information content (AvgIpc) is 2.49. The van der Waals surface area contributed by atoms with Crippen LogP contribution >= 0.6 is 11.6 Å². The molecule has 1 aromatic carbocycles. The highest BCUT2D eigenvalue weighted by Gasteiger charge is 2.46. The van der Waals surface area contributed by atoms with E-state index in [0.29, 0.717) is 6.42 Å². The van der Waals surface area contributed by atoms with E-state index in [2.05, 4.69) is 0 Å². The average molecular weight is 291 g/mol. The molecule has 1 unspecified atom stereocenters. The summed E-state index contributed by atoms with van der Waals surface area (Å²) >= 11 is 5.93. The Morgan fingerprint density at radius 2 is 2.00 bits per heavy atom. The molecule has 2 rings (SSSR count). The molecule has 0 N–H and O–H groups in total. The van der Waals surface area contributed by atoms with E-state index in [1.165, 1.54) is 0 Å². The lowest BCUT2D eigenvalue weighted by Crippen LogP contribution is -2.52. The zero-order chi connectivity index (χ0) is 23.4. The summed E-state index contributed by atoms with van der Waals surface area (Å²) in [6, 6.07) is -4.12. The summed E-state index contributed by atoms with van der Waals surface area (Å²) in [5.41, 5.74) is -1.65. The van der Waals surface area contributed by atoms with Crippen LogP contribution in [-0.4, -0.2) is 24.9 Å². The predicted octanol–water partition coefficient (Wildman–Crippen LogP) is 4.74. The van der Waals surface area contributed by atoms with Gasteiger partial charge in [0, 0.05) is 26.1 Å². The number of likely N-dealkylation sites (N-methyl/N-ethyl adjacent to an activating group) is 1. The number of benzene rings is 1. The quantitative estimate of drug-likeness (QED) is 0.757. The standard InChI is InChI=1S/C17H26ClN/c1-13(2)12-16(19(3)4)17(10-5-11-17)14-6-8-15(18)9-7-14/h6-9,13,16H,5,10-12H2,1-4H3/i3D3,4D3,6D,7D,8D,9D,16D. The van der Waals surface area contributed by atoms with Crippen molar-refractivity contribution in [3.8, 4) is 0 Å². The first kappa shape index (κ1) is 6.07. The third kappa shape index (κ3) is 2.98. The molecule has 1 atom stereocenters. The van der Waals surface area contributed by atoms with Crippen molar-refractivity contribution < 1.29 is 15.1 Å². The molecule has 1 nitrogen and oxygen atoms in total. The van der Waals surface area contributed by atoms with Crippen molar-refractivity contribution in [2.45, 2.75) is 51.0 Å². The van der Waals surface area contributed by atoms with Gasteiger partial charge in [-0.3, -0.25) is 0 Å². The monoisotopic (exact) mass is 290 g/mol. The van der Waals surface area contributed by atoms with Gasteiger partial charge in [-0.25, -0.2) is 0 Å². The van der Waals surface area contributed by atoms with Gasteiger partial charge in [0.2, 0.25) is 0 Å². The highest BCUT2D eigenvalue weighted by Crippen LogP contribution is 2.49. The van der Waals surface area contributed by atoms with Gasteiger partial charge in [-0.15, -0.1) is 0 Å². The lowest BCUT2D eigenvalue weighted by Gasteiger charge is -2.51. The minimum absolute atomic E-state index is 0.137. The van der Waals surface area contributed by atoms with Gasteiger partial charge in [0.25, 0.3) is 0 Å². The van der Waals surface area contributed by atoms with Gasteiger partial charge in [0.1, 0.15) is 0 Å². The van der Waals surface area contributed by atoms with Crippen LogP contribution in [0.15, 0.2) is 24.2 Å². The molecule has 1 aliphatic rings. The second-order valence-electron chi connectivity index (χ2n) is 5.50. The van der Waals surface area contributed by atoms with E-state index in [0.717, 1.165) is 0 Å². The van der Waals surface area contributed by atoms with Crippen LogP contribution in [0.2, 0.25) is 5.02 Å². The highest BCUT2D eigenvalue weighted by molar-refractivity contribution is 6.30. The Bertz CT molecular complexity index is 770. The van der Waals surface area contributed by atoms with Crippen molar-refractivity contribution in [1.82, 2.24) is 4.90 Å². The SMILES string of the molecule is [2H]c1c([2H])c(C2(C([2H])(CC(C)C)N(C([2H])([2H])[2H])C([2H])([2H])[2H])CCC2)c([2H])c([2H])c1Cl. The van der Waals surface area contributed by atoms with Crippen molar-refractivity contribution in [1.29, 1.82) is 0 Å². The molecular formula is C17H26ClN. The largest absolute Gasteiger partial charge is 0.306 e. The van der Waals surface area contributed by atoms with Gasteiger partial charge in [0.15, 0.2) is 0 Å². The normalized spacial score (nSPS) is 30.9. The summed E-state index contributed by atoms with van der Waals surface area (Å²) in [4.78, 5) is 0.243. The highest BCUT2D eigenvalue weighted by atomic mass is 35.5. The first-order valence-corrected chi connectivity index (χ1v) is 6.86. The van der Waals surface area contributed by atoms with Crippen LogP contribution in [0.5, 0.6) is 0 Å². The lowest BCUT2D eigenvalue weighted by atomic mass is 9.58. The van der Waals surface area contributed by atoms with Crippen LogP contribution < -0.4 is 0 Å². The Morgan fingerprint density at radius 3 is 2.42 bits per heavy atom. The maximum Gasteiger partial charge on any atom is 0.0639 e. The van der Waals surface area contributed by atoms with E-state index in [-0.39, 0.29) is 40.7 Å². The molecule has 0 radical (unpaired) electrons. The van der Waals surface area contributed by atoms with Crippen LogP contribution in [0.1, 0.15) is 60.2 Å². The third-order valence-electron chi connectivity index (χ3n) is 3.70. The second-order valence-corrected chi connectivity index (χ2v) is 5.88. The van der Waals surface area contributed by atoms with Gasteiger partial charge in [0.05, 0.1) is 5.48 Å². The van der Waals surface area contributed by atoms with E-state index >= 15 is 0 Å². The van der Waals surface area contributed by atoms with Gasteiger partial charge < -0.3 is 4.90 Å². The molecule has 0 heterocycles. The summed E-state index contributed by atoms with van der Waals surface area (Å²) < 4.78 is 89.8. The molecule has 0 spiro atoms. The molecule has 1 aliphatic carbocycles. The minimum atomic E-state index is -3.14. The van der Waals surface area contributed by atoms with Crippen LogP contribution in [0, 0.1) is 5.92 Å². The molecule has 1 fully saturated rings. The first-order chi connectivity index (χ1) is 13.4. The fourth-order valence-electron chi connectivity index (χ4n) is 2.64. The summed E-state index contributed by atoms with van der Waals surface area (Å²) in [6.45, 7) is -2.81. The summed E-state index contributed by atoms with van der Waals surface area (Å²) in [6.07, 6.45) is 0.733. The topological polar surface area (TPSA) is 3.24 Å². The Hall–Kier alpha value is -0.530. The first-order valence-electron chi connectivity index (χ1n) is 12.0. The van der Waals surface area contributed by atoms with E-state index in [1.54, 1.807) is 13.8 Å². The molecule has 1 saturated carbocycles. The van der Waals surface area contributed by atoms with Crippen LogP contribution in [0.3, 0.4) is 0 Å². The third-order valence-corrected chi connectivity index (χ3v) is 3.89. The van der Waals surface area contributed by atoms with E-state index in [4.69, 9.17) is 25.3 Å². The number of rotatable bonds is 5. The molecule has 1 aromatic rings. The fourth-order valence-corrected chi connectivity index (χ4v) is 2.73. The maximum absolute atomic E-state index is 9.33. The van der Waals surface area contributed by atoms with Crippen LogP contribution in [0.25, 0.3) is 0 Å². The maximum atomic E-state index is 9.33. The van der Waals surface area contributed by atoms with Gasteiger partial charge in [-0.05, 0) is 56.8 Å². The Kier molecular flexibility index (Phi) is 1.87. The van der Waals surface area contributed by atoms with Crippen LogP contribution in [0.4, 0.5) is 0 Å². The molecule has 0 aliphatic heterocycles. The molecule has 19 heavy (non-hydrogen) atoms. The van der Waals surface area contributed by atoms with Crippen molar-refractivity contribution in [2.24, 2.45) is 5.92 Å². The second kappa shape index (κ2) is 5.85. The van der Waals surface area contributed by atoms with E-state index in [9.17, 15) is 1.37 Å². The molecule has 0 saturated heterocycles. The minimum Gasteiger partial charge on any atom is -0.306 e. The summed E-state index contributed by atoms with van der Waals surface area (Å²) in [7, 11) is 0. The fraction of sp³-hybridized carbons (Fsp3) is 0.647. The number of hydrogen-bond acceptors (Lipinski definition) is 1. The van der Waals surface area contributed by atoms with Crippen LogP contribution in [-0.2, 0) is 5.41 Å². The van der Waals surface area contributed by atoms with Gasteiger partial charge in [-0.2, -0.15) is 0 Å². The van der Waals surface area contributed by atoms with E-state index < -0.39 is 49.6 Å². The number of hydrogen-bond donors (Lipinski definition) is 0. The number of nitrogens with zero attached hydrogens (tertiary/aromatic N) is 1. The summed E-state index contributed by atoms with van der Waals surface area (Å²) in [5.74, 6) is -0.270. The molecule has 106 valence electrons. The molecular weight excluding hydrogens is 254 g/mol.